The van der Waals surface area contributed by atoms with Gasteiger partial charge < -0.3 is 19.7 Å². The second kappa shape index (κ2) is 5.13. The molecule has 0 radical (unpaired) electrons. The summed E-state index contributed by atoms with van der Waals surface area (Å²) in [4.78, 5) is 14.6. The number of carbonyl (C=O) groups excluding carboxylic acids is 1. The molecule has 2 heterocycles. The average Bonchev–Trinajstić information content (AvgIpc) is 2.88. The molecule has 1 aromatic rings. The van der Waals surface area contributed by atoms with Crippen LogP contribution < -0.4 is 19.7 Å². The molecule has 1 aromatic carbocycles. The zero-order valence-electron chi connectivity index (χ0n) is 12.9. The number of amides is 1. The topological polar surface area (TPSA) is 50.8 Å². The van der Waals surface area contributed by atoms with Gasteiger partial charge in [0, 0.05) is 18.7 Å². The number of benzene rings is 1. The lowest BCUT2D eigenvalue weighted by atomic mass is 9.97. The molecule has 0 aliphatic carbocycles. The third kappa shape index (κ3) is 2.41. The van der Waals surface area contributed by atoms with Crippen LogP contribution >= 0.6 is 0 Å². The van der Waals surface area contributed by atoms with Crippen molar-refractivity contribution in [1.29, 1.82) is 0 Å². The second-order valence-corrected chi connectivity index (χ2v) is 6.14. The van der Waals surface area contributed by atoms with E-state index in [1.807, 2.05) is 30.9 Å². The monoisotopic (exact) mass is 290 g/mol. The Balaban J connectivity index is 1.97. The van der Waals surface area contributed by atoms with Crippen LogP contribution in [0.1, 0.15) is 40.0 Å². The summed E-state index contributed by atoms with van der Waals surface area (Å²) >= 11 is 0. The van der Waals surface area contributed by atoms with Gasteiger partial charge in [0.2, 0.25) is 6.79 Å². The molecule has 0 spiro atoms. The highest BCUT2D eigenvalue weighted by Crippen LogP contribution is 2.44. The van der Waals surface area contributed by atoms with Crippen LogP contribution in [0.25, 0.3) is 0 Å². The van der Waals surface area contributed by atoms with E-state index in [0.717, 1.165) is 42.9 Å². The van der Waals surface area contributed by atoms with Gasteiger partial charge in [0.25, 0.3) is 5.91 Å². The number of rotatable bonds is 4. The molecule has 0 unspecified atom stereocenters. The molecule has 5 nitrogen and oxygen atoms in total. The van der Waals surface area contributed by atoms with Crippen molar-refractivity contribution in [1.82, 2.24) is 0 Å². The molecule has 0 fully saturated rings. The molecule has 0 bridgehead atoms. The lowest BCUT2D eigenvalue weighted by Gasteiger charge is -2.40. The molecule has 114 valence electrons. The normalized spacial score (nSPS) is 18.4. The smallest absolute Gasteiger partial charge is 0.252 e. The van der Waals surface area contributed by atoms with E-state index in [0.29, 0.717) is 5.75 Å². The fourth-order valence-corrected chi connectivity index (χ4v) is 2.83. The van der Waals surface area contributed by atoms with Crippen LogP contribution in [-0.4, -0.2) is 24.8 Å². The largest absolute Gasteiger partial charge is 0.454 e. The summed E-state index contributed by atoms with van der Waals surface area (Å²) < 4.78 is 10.9. The number of nitrogens with one attached hydrogen (secondary N) is 1. The summed E-state index contributed by atoms with van der Waals surface area (Å²) in [5.74, 6) is 1.55. The van der Waals surface area contributed by atoms with Gasteiger partial charge in [-0.25, -0.2) is 0 Å². The van der Waals surface area contributed by atoms with E-state index in [2.05, 4.69) is 12.2 Å². The van der Waals surface area contributed by atoms with Gasteiger partial charge in [-0.05, 0) is 20.3 Å². The van der Waals surface area contributed by atoms with Gasteiger partial charge >= 0.3 is 0 Å². The molecule has 3 rings (SSSR count). The van der Waals surface area contributed by atoms with E-state index in [4.69, 9.17) is 9.47 Å². The number of anilines is 2. The molecule has 1 N–H and O–H groups in total. The summed E-state index contributed by atoms with van der Waals surface area (Å²) in [6, 6.07) is 3.84. The fraction of sp³-hybridized carbons (Fsp3) is 0.562. The van der Waals surface area contributed by atoms with E-state index >= 15 is 0 Å². The zero-order chi connectivity index (χ0) is 15.0. The van der Waals surface area contributed by atoms with E-state index in [1.165, 1.54) is 0 Å². The third-order valence-corrected chi connectivity index (χ3v) is 3.99. The molecule has 0 atom stereocenters. The van der Waals surface area contributed by atoms with Crippen LogP contribution in [0.4, 0.5) is 11.4 Å². The number of nitrogens with zero attached hydrogens (tertiary/aromatic N) is 1. The molecule has 21 heavy (non-hydrogen) atoms. The predicted octanol–water partition coefficient (Wildman–Crippen LogP) is 3.14. The van der Waals surface area contributed by atoms with E-state index in [9.17, 15) is 4.79 Å². The quantitative estimate of drug-likeness (QED) is 0.866. The average molecular weight is 290 g/mol. The maximum absolute atomic E-state index is 12.7. The van der Waals surface area contributed by atoms with Crippen LogP contribution in [0.2, 0.25) is 0 Å². The first kappa shape index (κ1) is 14.0. The lowest BCUT2D eigenvalue weighted by Crippen LogP contribution is -2.54. The molecule has 2 aliphatic heterocycles. The van der Waals surface area contributed by atoms with Crippen LogP contribution in [0, 0.1) is 0 Å². The zero-order valence-corrected chi connectivity index (χ0v) is 12.9. The van der Waals surface area contributed by atoms with Crippen molar-refractivity contribution in [2.45, 2.75) is 45.6 Å². The minimum atomic E-state index is -0.604. The van der Waals surface area contributed by atoms with Crippen molar-refractivity contribution in [3.63, 3.8) is 0 Å². The Labute approximate surface area is 125 Å². The first-order valence-electron chi connectivity index (χ1n) is 7.56. The number of carbonyl (C=O) groups is 1. The molecule has 5 heteroatoms. The maximum atomic E-state index is 12.7. The molecule has 1 amide bonds. The molecular weight excluding hydrogens is 268 g/mol. The van der Waals surface area contributed by atoms with Gasteiger partial charge in [0.15, 0.2) is 11.5 Å². The maximum Gasteiger partial charge on any atom is 0.252 e. The minimum Gasteiger partial charge on any atom is -0.454 e. The van der Waals surface area contributed by atoms with Crippen molar-refractivity contribution < 1.29 is 14.3 Å². The SMILES string of the molecule is CCCCCN1C(=O)C(C)(C)Nc2cc3c(cc21)OCO3. The minimum absolute atomic E-state index is 0.102. The number of ether oxygens (including phenoxy) is 2. The highest BCUT2D eigenvalue weighted by atomic mass is 16.7. The Hall–Kier alpha value is -1.91. The van der Waals surface area contributed by atoms with Gasteiger partial charge in [0.05, 0.1) is 11.4 Å². The predicted molar refractivity (Wildman–Crippen MR) is 82.1 cm³/mol. The van der Waals surface area contributed by atoms with Gasteiger partial charge in [-0.1, -0.05) is 19.8 Å². The van der Waals surface area contributed by atoms with Crippen molar-refractivity contribution in [3.05, 3.63) is 12.1 Å². The fourth-order valence-electron chi connectivity index (χ4n) is 2.83. The number of fused-ring (bicyclic) bond motifs is 2. The molecule has 0 aromatic heterocycles. The Morgan fingerprint density at radius 2 is 1.95 bits per heavy atom. The van der Waals surface area contributed by atoms with Crippen LogP contribution in [0.5, 0.6) is 11.5 Å². The first-order valence-corrected chi connectivity index (χ1v) is 7.56. The Kier molecular flexibility index (Phi) is 3.43. The summed E-state index contributed by atoms with van der Waals surface area (Å²) in [5.41, 5.74) is 1.22. The van der Waals surface area contributed by atoms with E-state index < -0.39 is 5.54 Å². The van der Waals surface area contributed by atoms with E-state index in [-0.39, 0.29) is 12.7 Å². The number of unbranched alkanes of at least 4 members (excludes halogenated alkanes) is 2. The van der Waals surface area contributed by atoms with Crippen molar-refractivity contribution in [3.8, 4) is 11.5 Å². The standard InChI is InChI=1S/C16H22N2O3/c1-4-5-6-7-18-12-9-14-13(20-10-21-14)8-11(12)17-16(2,3)15(18)19/h8-9,17H,4-7,10H2,1-3H3. The third-order valence-electron chi connectivity index (χ3n) is 3.99. The Morgan fingerprint density at radius 3 is 2.67 bits per heavy atom. The first-order chi connectivity index (χ1) is 10.0. The summed E-state index contributed by atoms with van der Waals surface area (Å²) in [6.45, 7) is 6.97. The van der Waals surface area contributed by atoms with Crippen LogP contribution in [0.3, 0.4) is 0 Å². The number of hydrogen-bond donors (Lipinski definition) is 1. The molecular formula is C16H22N2O3. The van der Waals surface area contributed by atoms with Crippen molar-refractivity contribution >= 4 is 17.3 Å². The van der Waals surface area contributed by atoms with Gasteiger partial charge in [-0.15, -0.1) is 0 Å². The summed E-state index contributed by atoms with van der Waals surface area (Å²) in [5, 5.41) is 3.31. The van der Waals surface area contributed by atoms with Crippen LogP contribution in [-0.2, 0) is 4.79 Å². The van der Waals surface area contributed by atoms with Gasteiger partial charge in [-0.3, -0.25) is 4.79 Å². The highest BCUT2D eigenvalue weighted by molar-refractivity contribution is 6.07. The second-order valence-electron chi connectivity index (χ2n) is 6.14. The van der Waals surface area contributed by atoms with Crippen molar-refractivity contribution in [2.24, 2.45) is 0 Å². The lowest BCUT2D eigenvalue weighted by molar-refractivity contribution is -0.122. The van der Waals surface area contributed by atoms with E-state index in [1.54, 1.807) is 0 Å². The van der Waals surface area contributed by atoms with Gasteiger partial charge in [-0.2, -0.15) is 0 Å². The van der Waals surface area contributed by atoms with Gasteiger partial charge in [0.1, 0.15) is 5.54 Å². The summed E-state index contributed by atoms with van der Waals surface area (Å²) in [7, 11) is 0. The Morgan fingerprint density at radius 1 is 1.24 bits per heavy atom. The summed E-state index contributed by atoms with van der Waals surface area (Å²) in [6.07, 6.45) is 3.27. The van der Waals surface area contributed by atoms with Crippen LogP contribution in [0.15, 0.2) is 12.1 Å². The highest BCUT2D eigenvalue weighted by Gasteiger charge is 2.39. The molecule has 0 saturated carbocycles. The number of hydrogen-bond acceptors (Lipinski definition) is 4. The Bertz CT molecular complexity index is 569. The molecule has 0 saturated heterocycles. The van der Waals surface area contributed by atoms with Crippen molar-refractivity contribution in [2.75, 3.05) is 23.6 Å². The molecule has 2 aliphatic rings.